The molecule has 4 rings (SSSR count). The Kier molecular flexibility index (Phi) is 6.65. The zero-order valence-electron chi connectivity index (χ0n) is 20.8. The Hall–Kier alpha value is -3.33. The van der Waals surface area contributed by atoms with Crippen molar-refractivity contribution in [2.45, 2.75) is 58.5 Å². The molecule has 0 spiro atoms. The third kappa shape index (κ3) is 4.52. The van der Waals surface area contributed by atoms with Gasteiger partial charge in [-0.05, 0) is 48.1 Å². The number of fused-ring (bicyclic) bond motifs is 1. The quantitative estimate of drug-likeness (QED) is 0.509. The molecule has 3 aromatic rings. The van der Waals surface area contributed by atoms with E-state index in [0.717, 1.165) is 49.3 Å². The molecule has 0 N–H and O–H groups in total. The number of ether oxygens (including phenoxy) is 1. The van der Waals surface area contributed by atoms with E-state index < -0.39 is 0 Å². The van der Waals surface area contributed by atoms with Gasteiger partial charge in [-0.2, -0.15) is 5.26 Å². The second kappa shape index (κ2) is 9.50. The zero-order valence-corrected chi connectivity index (χ0v) is 20.8. The van der Waals surface area contributed by atoms with E-state index in [1.165, 1.54) is 5.56 Å². The number of hydrogen-bond acceptors (Lipinski definition) is 5. The van der Waals surface area contributed by atoms with Crippen LogP contribution in [0.1, 0.15) is 58.2 Å². The summed E-state index contributed by atoms with van der Waals surface area (Å²) < 4.78 is 8.05. The highest BCUT2D eigenvalue weighted by Gasteiger charge is 2.31. The van der Waals surface area contributed by atoms with Crippen molar-refractivity contribution in [3.63, 3.8) is 0 Å². The fraction of sp³-hybridized carbons (Fsp3) is 0.464. The van der Waals surface area contributed by atoms with E-state index in [1.807, 2.05) is 6.07 Å². The Balaban J connectivity index is 1.57. The number of aryl methyl sites for hydroxylation is 1. The van der Waals surface area contributed by atoms with E-state index in [0.29, 0.717) is 17.1 Å². The lowest BCUT2D eigenvalue weighted by Crippen LogP contribution is -2.46. The van der Waals surface area contributed by atoms with Crippen LogP contribution in [0.2, 0.25) is 0 Å². The fourth-order valence-corrected chi connectivity index (χ4v) is 4.76. The van der Waals surface area contributed by atoms with Gasteiger partial charge in [0.1, 0.15) is 29.1 Å². The second-order valence-corrected chi connectivity index (χ2v) is 9.92. The lowest BCUT2D eigenvalue weighted by Gasteiger charge is -2.39. The van der Waals surface area contributed by atoms with Gasteiger partial charge in [0, 0.05) is 38.5 Å². The lowest BCUT2D eigenvalue weighted by atomic mass is 9.82. The molecule has 0 saturated carbocycles. The summed E-state index contributed by atoms with van der Waals surface area (Å²) in [5, 5.41) is 9.34. The molecule has 0 unspecified atom stereocenters. The van der Waals surface area contributed by atoms with Crippen LogP contribution < -0.4 is 15.2 Å². The predicted octanol–water partition coefficient (Wildman–Crippen LogP) is 5.18. The highest BCUT2D eigenvalue weighted by molar-refractivity contribution is 5.88. The van der Waals surface area contributed by atoms with Crippen LogP contribution in [-0.4, -0.2) is 28.7 Å². The van der Waals surface area contributed by atoms with Gasteiger partial charge >= 0.3 is 0 Å². The average molecular weight is 459 g/mol. The maximum absolute atomic E-state index is 12.6. The molecule has 2 atom stereocenters. The molecule has 2 aromatic heterocycles. The SMILES string of the molecule is CC[C@H]1CN(c2cc(=O)n(C)c3ccc(C#N)nc23)CC[C@@H]1Oc1ccc(C(C)(C)CC)cc1. The molecule has 3 heterocycles. The molecule has 1 aromatic carbocycles. The van der Waals surface area contributed by atoms with E-state index in [1.54, 1.807) is 23.7 Å². The van der Waals surface area contributed by atoms with Crippen molar-refractivity contribution in [1.82, 2.24) is 9.55 Å². The molecule has 178 valence electrons. The molecular weight excluding hydrogens is 424 g/mol. The summed E-state index contributed by atoms with van der Waals surface area (Å²) in [6, 6.07) is 15.8. The number of hydrogen-bond donors (Lipinski definition) is 0. The maximum atomic E-state index is 12.6. The first-order valence-electron chi connectivity index (χ1n) is 12.2. The van der Waals surface area contributed by atoms with Crippen LogP contribution in [0, 0.1) is 17.2 Å². The van der Waals surface area contributed by atoms with Gasteiger partial charge < -0.3 is 14.2 Å². The van der Waals surface area contributed by atoms with E-state index in [9.17, 15) is 10.1 Å². The lowest BCUT2D eigenvalue weighted by molar-refractivity contribution is 0.110. The van der Waals surface area contributed by atoms with Crippen LogP contribution in [0.3, 0.4) is 0 Å². The summed E-state index contributed by atoms with van der Waals surface area (Å²) in [6.07, 6.45) is 3.04. The molecular formula is C28H34N4O2. The van der Waals surface area contributed by atoms with Gasteiger partial charge in [0.05, 0.1) is 11.2 Å². The summed E-state index contributed by atoms with van der Waals surface area (Å²) >= 11 is 0. The third-order valence-corrected chi connectivity index (χ3v) is 7.52. The van der Waals surface area contributed by atoms with E-state index in [-0.39, 0.29) is 17.1 Å². The van der Waals surface area contributed by atoms with Crippen molar-refractivity contribution < 1.29 is 4.74 Å². The van der Waals surface area contributed by atoms with Gasteiger partial charge in [-0.15, -0.1) is 0 Å². The minimum absolute atomic E-state index is 0.0736. The summed E-state index contributed by atoms with van der Waals surface area (Å²) in [6.45, 7) is 10.5. The summed E-state index contributed by atoms with van der Waals surface area (Å²) in [5.74, 6) is 1.23. The normalized spacial score (nSPS) is 18.6. The number of nitrogens with zero attached hydrogens (tertiary/aromatic N) is 4. The van der Waals surface area contributed by atoms with Crippen LogP contribution in [0.4, 0.5) is 5.69 Å². The van der Waals surface area contributed by atoms with E-state index >= 15 is 0 Å². The van der Waals surface area contributed by atoms with Crippen molar-refractivity contribution in [1.29, 1.82) is 5.26 Å². The van der Waals surface area contributed by atoms with Crippen molar-refractivity contribution in [2.24, 2.45) is 13.0 Å². The minimum Gasteiger partial charge on any atom is -0.490 e. The van der Waals surface area contributed by atoms with Gasteiger partial charge in [-0.1, -0.05) is 39.8 Å². The largest absolute Gasteiger partial charge is 0.490 e. The molecule has 0 aliphatic carbocycles. The molecule has 1 fully saturated rings. The van der Waals surface area contributed by atoms with Gasteiger partial charge in [0.25, 0.3) is 5.56 Å². The van der Waals surface area contributed by atoms with Crippen LogP contribution in [0.15, 0.2) is 47.3 Å². The molecule has 0 amide bonds. The highest BCUT2D eigenvalue weighted by Crippen LogP contribution is 2.33. The van der Waals surface area contributed by atoms with Gasteiger partial charge in [0.15, 0.2) is 0 Å². The van der Waals surface area contributed by atoms with Gasteiger partial charge in [-0.3, -0.25) is 4.79 Å². The summed E-state index contributed by atoms with van der Waals surface area (Å²) in [5.41, 5.74) is 4.00. The Morgan fingerprint density at radius 1 is 1.18 bits per heavy atom. The van der Waals surface area contributed by atoms with Crippen molar-refractivity contribution in [2.75, 3.05) is 18.0 Å². The molecule has 0 bridgehead atoms. The first kappa shape index (κ1) is 23.8. The minimum atomic E-state index is -0.0736. The third-order valence-electron chi connectivity index (χ3n) is 7.52. The predicted molar refractivity (Wildman–Crippen MR) is 136 cm³/mol. The summed E-state index contributed by atoms with van der Waals surface area (Å²) in [7, 11) is 1.74. The Bertz CT molecular complexity index is 1270. The fourth-order valence-electron chi connectivity index (χ4n) is 4.76. The Morgan fingerprint density at radius 3 is 2.56 bits per heavy atom. The number of benzene rings is 1. The number of aromatic nitrogens is 2. The highest BCUT2D eigenvalue weighted by atomic mass is 16.5. The standard InChI is InChI=1S/C28H34N4O2/c1-6-19-18-32(24-16-26(33)31(5)23-13-10-21(17-29)30-27(23)24)15-14-25(19)34-22-11-8-20(9-12-22)28(3,4)7-2/h8-13,16,19,25H,6-7,14-15,18H2,1-5H3/t19-,25-/m0/s1. The second-order valence-electron chi connectivity index (χ2n) is 9.92. The van der Waals surface area contributed by atoms with Gasteiger partial charge in [0.2, 0.25) is 0 Å². The number of pyridine rings is 2. The molecule has 34 heavy (non-hydrogen) atoms. The van der Waals surface area contributed by atoms with Crippen molar-refractivity contribution in [3.8, 4) is 11.8 Å². The molecule has 1 aliphatic heterocycles. The van der Waals surface area contributed by atoms with Crippen LogP contribution >= 0.6 is 0 Å². The number of nitriles is 1. The van der Waals surface area contributed by atoms with Crippen LogP contribution in [0.25, 0.3) is 11.0 Å². The van der Waals surface area contributed by atoms with E-state index in [2.05, 4.69) is 67.9 Å². The average Bonchev–Trinajstić information content (AvgIpc) is 2.86. The van der Waals surface area contributed by atoms with Gasteiger partial charge in [-0.25, -0.2) is 4.98 Å². The topological polar surface area (TPSA) is 71.2 Å². The number of piperidine rings is 1. The molecule has 1 aliphatic rings. The number of anilines is 1. The monoisotopic (exact) mass is 458 g/mol. The Morgan fingerprint density at radius 2 is 1.91 bits per heavy atom. The molecule has 0 radical (unpaired) electrons. The summed E-state index contributed by atoms with van der Waals surface area (Å²) in [4.78, 5) is 19.4. The van der Waals surface area contributed by atoms with Crippen LogP contribution in [0.5, 0.6) is 5.75 Å². The van der Waals surface area contributed by atoms with Crippen LogP contribution in [-0.2, 0) is 12.5 Å². The smallest absolute Gasteiger partial charge is 0.252 e. The molecule has 6 heteroatoms. The maximum Gasteiger partial charge on any atom is 0.252 e. The Labute approximate surface area is 201 Å². The number of rotatable bonds is 6. The first-order chi connectivity index (χ1) is 16.3. The van der Waals surface area contributed by atoms with Crippen molar-refractivity contribution >= 4 is 16.7 Å². The molecule has 6 nitrogen and oxygen atoms in total. The zero-order chi connectivity index (χ0) is 24.5. The first-order valence-corrected chi connectivity index (χ1v) is 12.2. The van der Waals surface area contributed by atoms with Crippen molar-refractivity contribution in [3.05, 3.63) is 64.1 Å². The molecule has 1 saturated heterocycles. The van der Waals surface area contributed by atoms with E-state index in [4.69, 9.17) is 4.74 Å².